The van der Waals surface area contributed by atoms with E-state index in [2.05, 4.69) is 28.5 Å². The van der Waals surface area contributed by atoms with E-state index < -0.39 is 0 Å². The highest BCUT2D eigenvalue weighted by atomic mass is 15.3. The number of nitrogens with zero attached hydrogens (tertiary/aromatic N) is 2. The van der Waals surface area contributed by atoms with Gasteiger partial charge in [-0.05, 0) is 18.6 Å². The molecule has 0 radical (unpaired) electrons. The minimum Gasteiger partial charge on any atom is -0.269 e. The average Bonchev–Trinajstić information content (AvgIpc) is 2.19. The SMILES string of the molecule is CCCN=C=NNc1ccccc1. The van der Waals surface area contributed by atoms with E-state index in [1.807, 2.05) is 30.3 Å². The molecule has 0 fully saturated rings. The summed E-state index contributed by atoms with van der Waals surface area (Å²) in [5.74, 6) is 0. The molecular formula is C10H13N3. The minimum atomic E-state index is 0.778. The Balaban J connectivity index is 2.39. The highest BCUT2D eigenvalue weighted by Crippen LogP contribution is 2.03. The molecule has 3 nitrogen and oxygen atoms in total. The van der Waals surface area contributed by atoms with Gasteiger partial charge < -0.3 is 0 Å². The molecule has 0 heterocycles. The Bertz CT molecular complexity index is 286. The monoisotopic (exact) mass is 175 g/mol. The zero-order valence-electron chi connectivity index (χ0n) is 7.70. The van der Waals surface area contributed by atoms with Crippen LogP contribution in [0.5, 0.6) is 0 Å². The maximum Gasteiger partial charge on any atom is 0.115 e. The molecule has 0 atom stereocenters. The van der Waals surface area contributed by atoms with Gasteiger partial charge in [-0.3, -0.25) is 5.43 Å². The Labute approximate surface area is 78.2 Å². The van der Waals surface area contributed by atoms with E-state index in [9.17, 15) is 0 Å². The zero-order valence-corrected chi connectivity index (χ0v) is 7.70. The van der Waals surface area contributed by atoms with Gasteiger partial charge in [0.25, 0.3) is 0 Å². The Morgan fingerprint density at radius 3 is 2.77 bits per heavy atom. The summed E-state index contributed by atoms with van der Waals surface area (Å²) in [6.45, 7) is 2.84. The standard InChI is InChI=1S/C10H13N3/c1-2-8-11-9-12-13-10-6-4-3-5-7-10/h3-7,13H,2,8H2,1H3. The molecule has 68 valence electrons. The number of para-hydroxylation sites is 1. The van der Waals surface area contributed by atoms with Crippen molar-refractivity contribution in [2.45, 2.75) is 13.3 Å². The summed E-state index contributed by atoms with van der Waals surface area (Å²) in [6.07, 6.45) is 1.02. The minimum absolute atomic E-state index is 0.778. The molecule has 0 saturated carbocycles. The van der Waals surface area contributed by atoms with Crippen molar-refractivity contribution in [3.05, 3.63) is 30.3 Å². The molecule has 1 aromatic rings. The van der Waals surface area contributed by atoms with Crippen LogP contribution in [0.4, 0.5) is 5.69 Å². The molecule has 1 N–H and O–H groups in total. The molecule has 0 aliphatic carbocycles. The van der Waals surface area contributed by atoms with E-state index in [4.69, 9.17) is 0 Å². The van der Waals surface area contributed by atoms with E-state index in [0.29, 0.717) is 0 Å². The van der Waals surface area contributed by atoms with Crippen LogP contribution in [-0.4, -0.2) is 12.6 Å². The third-order valence-corrected chi connectivity index (χ3v) is 1.41. The van der Waals surface area contributed by atoms with Crippen LogP contribution in [0.15, 0.2) is 40.4 Å². The smallest absolute Gasteiger partial charge is 0.115 e. The van der Waals surface area contributed by atoms with Crippen LogP contribution < -0.4 is 5.43 Å². The molecule has 0 bridgehead atoms. The molecule has 0 spiro atoms. The van der Waals surface area contributed by atoms with Gasteiger partial charge in [-0.15, -0.1) is 5.10 Å². The van der Waals surface area contributed by atoms with Gasteiger partial charge in [-0.2, -0.15) is 0 Å². The van der Waals surface area contributed by atoms with Gasteiger partial charge in [0.05, 0.1) is 5.69 Å². The predicted octanol–water partition coefficient (Wildman–Crippen LogP) is 2.60. The summed E-state index contributed by atoms with van der Waals surface area (Å²) in [7, 11) is 0. The summed E-state index contributed by atoms with van der Waals surface area (Å²) < 4.78 is 0. The quantitative estimate of drug-likeness (QED) is 0.554. The van der Waals surface area contributed by atoms with E-state index >= 15 is 0 Å². The maximum absolute atomic E-state index is 3.93. The summed E-state index contributed by atoms with van der Waals surface area (Å²) in [6, 6.07) is 12.3. The predicted molar refractivity (Wildman–Crippen MR) is 55.1 cm³/mol. The molecule has 1 rings (SSSR count). The number of hydrogen-bond donors (Lipinski definition) is 1. The Morgan fingerprint density at radius 2 is 2.08 bits per heavy atom. The van der Waals surface area contributed by atoms with Crippen LogP contribution in [0.3, 0.4) is 0 Å². The van der Waals surface area contributed by atoms with Crippen LogP contribution in [0.1, 0.15) is 13.3 Å². The fourth-order valence-electron chi connectivity index (χ4n) is 0.799. The summed E-state index contributed by atoms with van der Waals surface area (Å²) >= 11 is 0. The number of rotatable bonds is 4. The van der Waals surface area contributed by atoms with Crippen LogP contribution >= 0.6 is 0 Å². The fraction of sp³-hybridized carbons (Fsp3) is 0.300. The number of benzene rings is 1. The summed E-state index contributed by atoms with van der Waals surface area (Å²) in [5.41, 5.74) is 3.77. The number of nitrogens with one attached hydrogen (secondary N) is 1. The average molecular weight is 175 g/mol. The van der Waals surface area contributed by atoms with Gasteiger partial charge in [0.1, 0.15) is 6.01 Å². The first-order valence-electron chi connectivity index (χ1n) is 4.35. The molecule has 3 heteroatoms. The van der Waals surface area contributed by atoms with Crippen LogP contribution in [0.2, 0.25) is 0 Å². The first-order valence-corrected chi connectivity index (χ1v) is 4.35. The molecular weight excluding hydrogens is 162 g/mol. The van der Waals surface area contributed by atoms with Crippen LogP contribution in [-0.2, 0) is 0 Å². The molecule has 0 amide bonds. The van der Waals surface area contributed by atoms with Crippen LogP contribution in [0, 0.1) is 0 Å². The first kappa shape index (κ1) is 9.49. The van der Waals surface area contributed by atoms with Crippen molar-refractivity contribution in [3.63, 3.8) is 0 Å². The summed E-state index contributed by atoms with van der Waals surface area (Å²) in [4.78, 5) is 3.93. The highest BCUT2D eigenvalue weighted by Gasteiger charge is 1.82. The van der Waals surface area contributed by atoms with Crippen LogP contribution in [0.25, 0.3) is 0 Å². The van der Waals surface area contributed by atoms with E-state index in [1.54, 1.807) is 0 Å². The van der Waals surface area contributed by atoms with Gasteiger partial charge in [0, 0.05) is 6.54 Å². The second-order valence-corrected chi connectivity index (χ2v) is 2.57. The molecule has 0 aliphatic heterocycles. The fourth-order valence-corrected chi connectivity index (χ4v) is 0.799. The third kappa shape index (κ3) is 4.09. The molecule has 0 aromatic heterocycles. The van der Waals surface area contributed by atoms with E-state index in [0.717, 1.165) is 18.7 Å². The summed E-state index contributed by atoms with van der Waals surface area (Å²) in [5, 5.41) is 3.81. The lowest BCUT2D eigenvalue weighted by molar-refractivity contribution is 0.936. The number of anilines is 1. The van der Waals surface area contributed by atoms with E-state index in [1.165, 1.54) is 0 Å². The van der Waals surface area contributed by atoms with Gasteiger partial charge in [0.15, 0.2) is 0 Å². The van der Waals surface area contributed by atoms with Crippen molar-refractivity contribution in [1.29, 1.82) is 0 Å². The molecule has 13 heavy (non-hydrogen) atoms. The normalized spacial score (nSPS) is 8.69. The largest absolute Gasteiger partial charge is 0.269 e. The Morgan fingerprint density at radius 1 is 1.31 bits per heavy atom. The second-order valence-electron chi connectivity index (χ2n) is 2.57. The Hall–Kier alpha value is -1.60. The van der Waals surface area contributed by atoms with Crippen molar-refractivity contribution >= 4 is 11.7 Å². The van der Waals surface area contributed by atoms with Crippen molar-refractivity contribution < 1.29 is 0 Å². The number of hydrazone groups is 1. The molecule has 0 aliphatic rings. The third-order valence-electron chi connectivity index (χ3n) is 1.41. The van der Waals surface area contributed by atoms with Gasteiger partial charge in [-0.25, -0.2) is 4.99 Å². The molecule has 0 unspecified atom stereocenters. The zero-order chi connectivity index (χ0) is 9.36. The maximum atomic E-state index is 3.93. The van der Waals surface area contributed by atoms with Crippen molar-refractivity contribution in [2.24, 2.45) is 10.1 Å². The van der Waals surface area contributed by atoms with E-state index in [-0.39, 0.29) is 0 Å². The van der Waals surface area contributed by atoms with Gasteiger partial charge >= 0.3 is 0 Å². The molecule has 0 saturated heterocycles. The number of aliphatic imine (C=N–C) groups is 1. The van der Waals surface area contributed by atoms with Crippen molar-refractivity contribution in [3.8, 4) is 0 Å². The van der Waals surface area contributed by atoms with Crippen molar-refractivity contribution in [2.75, 3.05) is 12.0 Å². The lowest BCUT2D eigenvalue weighted by atomic mass is 10.3. The second kappa shape index (κ2) is 5.98. The lowest BCUT2D eigenvalue weighted by Gasteiger charge is -1.94. The Kier molecular flexibility index (Phi) is 4.36. The number of hydrogen-bond acceptors (Lipinski definition) is 3. The highest BCUT2D eigenvalue weighted by molar-refractivity contribution is 5.48. The van der Waals surface area contributed by atoms with Gasteiger partial charge in [0.2, 0.25) is 0 Å². The lowest BCUT2D eigenvalue weighted by Crippen LogP contribution is -1.85. The first-order chi connectivity index (χ1) is 6.43. The van der Waals surface area contributed by atoms with Crippen molar-refractivity contribution in [1.82, 2.24) is 0 Å². The topological polar surface area (TPSA) is 36.8 Å². The van der Waals surface area contributed by atoms with Gasteiger partial charge in [-0.1, -0.05) is 25.1 Å². The molecule has 1 aromatic carbocycles.